The summed E-state index contributed by atoms with van der Waals surface area (Å²) in [5.74, 6) is -0.0206. The zero-order valence-electron chi connectivity index (χ0n) is 10.3. The van der Waals surface area contributed by atoms with Crippen molar-refractivity contribution >= 4 is 11.8 Å². The first kappa shape index (κ1) is 12.4. The van der Waals surface area contributed by atoms with Gasteiger partial charge in [0.15, 0.2) is 0 Å². The number of nitrogens with one attached hydrogen (secondary N) is 1. The van der Waals surface area contributed by atoms with E-state index >= 15 is 0 Å². The van der Waals surface area contributed by atoms with Crippen LogP contribution in [0.2, 0.25) is 0 Å². The smallest absolute Gasteiger partial charge is 0.245 e. The van der Waals surface area contributed by atoms with E-state index in [1.807, 2.05) is 4.90 Å². The van der Waals surface area contributed by atoms with Crippen LogP contribution >= 0.6 is 0 Å². The van der Waals surface area contributed by atoms with Crippen LogP contribution in [0.25, 0.3) is 0 Å². The maximum absolute atomic E-state index is 12.2. The van der Waals surface area contributed by atoms with Crippen LogP contribution in [-0.4, -0.2) is 41.4 Å². The molecule has 2 rings (SSSR count). The molecule has 3 N–H and O–H groups in total. The SMILES string of the molecule is C[C@@H]1CCC2CCC(NC(=O)CCN)C(=O)N21. The Labute approximate surface area is 102 Å². The van der Waals surface area contributed by atoms with Crippen LogP contribution in [0.15, 0.2) is 0 Å². The third kappa shape index (κ3) is 2.44. The average Bonchev–Trinajstić information content (AvgIpc) is 2.65. The maximum atomic E-state index is 12.2. The Morgan fingerprint density at radius 1 is 1.41 bits per heavy atom. The molecule has 0 aliphatic carbocycles. The van der Waals surface area contributed by atoms with Crippen molar-refractivity contribution < 1.29 is 9.59 Å². The van der Waals surface area contributed by atoms with Gasteiger partial charge in [0.2, 0.25) is 11.8 Å². The highest BCUT2D eigenvalue weighted by Crippen LogP contribution is 2.32. The monoisotopic (exact) mass is 239 g/mol. The van der Waals surface area contributed by atoms with Gasteiger partial charge in [-0.05, 0) is 32.6 Å². The van der Waals surface area contributed by atoms with Gasteiger partial charge < -0.3 is 16.0 Å². The van der Waals surface area contributed by atoms with E-state index < -0.39 is 0 Å². The van der Waals surface area contributed by atoms with Gasteiger partial charge in [0.05, 0.1) is 0 Å². The van der Waals surface area contributed by atoms with E-state index in [1.54, 1.807) is 0 Å². The molecule has 5 nitrogen and oxygen atoms in total. The first-order valence-corrected chi connectivity index (χ1v) is 6.45. The normalized spacial score (nSPS) is 32.5. The Bertz CT molecular complexity index is 319. The lowest BCUT2D eigenvalue weighted by Crippen LogP contribution is -2.55. The first-order chi connectivity index (χ1) is 8.13. The van der Waals surface area contributed by atoms with Crippen LogP contribution in [0.5, 0.6) is 0 Å². The van der Waals surface area contributed by atoms with E-state index in [0.717, 1.165) is 25.7 Å². The molecule has 0 radical (unpaired) electrons. The van der Waals surface area contributed by atoms with Crippen LogP contribution in [-0.2, 0) is 9.59 Å². The molecule has 17 heavy (non-hydrogen) atoms. The molecule has 0 bridgehead atoms. The lowest BCUT2D eigenvalue weighted by atomic mass is 9.98. The number of carbonyl (C=O) groups is 2. The number of nitrogens with two attached hydrogens (primary N) is 1. The van der Waals surface area contributed by atoms with Crippen molar-refractivity contribution in [2.45, 2.75) is 57.2 Å². The molecular formula is C12H21N3O2. The van der Waals surface area contributed by atoms with Crippen molar-refractivity contribution in [1.29, 1.82) is 0 Å². The van der Waals surface area contributed by atoms with Crippen LogP contribution in [0.1, 0.15) is 39.0 Å². The molecule has 2 amide bonds. The highest BCUT2D eigenvalue weighted by molar-refractivity contribution is 5.88. The molecule has 5 heteroatoms. The molecule has 0 aromatic heterocycles. The number of rotatable bonds is 3. The van der Waals surface area contributed by atoms with Crippen molar-refractivity contribution in [2.24, 2.45) is 5.73 Å². The summed E-state index contributed by atoms with van der Waals surface area (Å²) in [5, 5.41) is 2.79. The van der Waals surface area contributed by atoms with Gasteiger partial charge in [-0.25, -0.2) is 0 Å². The third-order valence-corrected chi connectivity index (χ3v) is 3.83. The molecule has 2 aliphatic rings. The molecule has 0 aromatic carbocycles. The second-order valence-corrected chi connectivity index (χ2v) is 5.06. The summed E-state index contributed by atoms with van der Waals surface area (Å²) in [6.07, 6.45) is 4.26. The Hall–Kier alpha value is -1.10. The highest BCUT2D eigenvalue weighted by Gasteiger charge is 2.41. The summed E-state index contributed by atoms with van der Waals surface area (Å²) >= 11 is 0. The van der Waals surface area contributed by atoms with Crippen molar-refractivity contribution in [2.75, 3.05) is 6.54 Å². The number of hydrogen-bond acceptors (Lipinski definition) is 3. The van der Waals surface area contributed by atoms with E-state index in [0.29, 0.717) is 25.0 Å². The number of carbonyl (C=O) groups excluding carboxylic acids is 2. The van der Waals surface area contributed by atoms with Gasteiger partial charge in [0.1, 0.15) is 6.04 Å². The minimum atomic E-state index is -0.328. The summed E-state index contributed by atoms with van der Waals surface area (Å²) in [4.78, 5) is 25.7. The molecule has 2 saturated heterocycles. The summed E-state index contributed by atoms with van der Waals surface area (Å²) in [6.45, 7) is 2.41. The summed E-state index contributed by atoms with van der Waals surface area (Å²) in [6, 6.07) is 0.396. The molecule has 0 saturated carbocycles. The van der Waals surface area contributed by atoms with Gasteiger partial charge in [-0.2, -0.15) is 0 Å². The highest BCUT2D eigenvalue weighted by atomic mass is 16.2. The number of amides is 2. The van der Waals surface area contributed by atoms with Gasteiger partial charge in [0, 0.05) is 25.0 Å². The Morgan fingerprint density at radius 2 is 2.12 bits per heavy atom. The fraction of sp³-hybridized carbons (Fsp3) is 0.833. The molecule has 2 heterocycles. The largest absolute Gasteiger partial charge is 0.344 e. The lowest BCUT2D eigenvalue weighted by Gasteiger charge is -2.37. The number of nitrogens with zero attached hydrogens (tertiary/aromatic N) is 1. The fourth-order valence-electron chi connectivity index (χ4n) is 2.95. The topological polar surface area (TPSA) is 75.4 Å². The lowest BCUT2D eigenvalue weighted by molar-refractivity contribution is -0.141. The van der Waals surface area contributed by atoms with Crippen molar-refractivity contribution in [3.63, 3.8) is 0 Å². The molecule has 0 aromatic rings. The number of fused-ring (bicyclic) bond motifs is 1. The third-order valence-electron chi connectivity index (χ3n) is 3.83. The van der Waals surface area contributed by atoms with Gasteiger partial charge in [-0.1, -0.05) is 0 Å². The maximum Gasteiger partial charge on any atom is 0.245 e. The van der Waals surface area contributed by atoms with E-state index in [-0.39, 0.29) is 17.9 Å². The predicted octanol–water partition coefficient (Wildman–Crippen LogP) is -0.00670. The Balaban J connectivity index is 1.97. The number of piperidine rings is 1. The molecule has 2 fully saturated rings. The van der Waals surface area contributed by atoms with Gasteiger partial charge >= 0.3 is 0 Å². The van der Waals surface area contributed by atoms with Crippen LogP contribution in [0.3, 0.4) is 0 Å². The van der Waals surface area contributed by atoms with Crippen LogP contribution < -0.4 is 11.1 Å². The van der Waals surface area contributed by atoms with E-state index in [4.69, 9.17) is 5.73 Å². The van der Waals surface area contributed by atoms with E-state index in [9.17, 15) is 9.59 Å². The Kier molecular flexibility index (Phi) is 3.66. The molecule has 3 atom stereocenters. The first-order valence-electron chi connectivity index (χ1n) is 6.45. The minimum Gasteiger partial charge on any atom is -0.344 e. The number of hydrogen-bond donors (Lipinski definition) is 2. The van der Waals surface area contributed by atoms with Crippen molar-refractivity contribution in [1.82, 2.24) is 10.2 Å². The van der Waals surface area contributed by atoms with E-state index in [1.165, 1.54) is 0 Å². The second kappa shape index (κ2) is 5.04. The van der Waals surface area contributed by atoms with Gasteiger partial charge in [0.25, 0.3) is 0 Å². The predicted molar refractivity (Wildman–Crippen MR) is 64.2 cm³/mol. The summed E-state index contributed by atoms with van der Waals surface area (Å²) in [5.41, 5.74) is 5.32. The summed E-state index contributed by atoms with van der Waals surface area (Å²) < 4.78 is 0. The molecule has 0 spiro atoms. The zero-order chi connectivity index (χ0) is 12.4. The zero-order valence-corrected chi connectivity index (χ0v) is 10.3. The van der Waals surface area contributed by atoms with Gasteiger partial charge in [-0.15, -0.1) is 0 Å². The average molecular weight is 239 g/mol. The Morgan fingerprint density at radius 3 is 2.82 bits per heavy atom. The van der Waals surface area contributed by atoms with E-state index in [2.05, 4.69) is 12.2 Å². The summed E-state index contributed by atoms with van der Waals surface area (Å²) in [7, 11) is 0. The standard InChI is InChI=1S/C12H21N3O2/c1-8-2-3-9-4-5-10(12(17)15(8)9)14-11(16)6-7-13/h8-10H,2-7,13H2,1H3,(H,14,16)/t8-,9?,10?/m1/s1. The van der Waals surface area contributed by atoms with Crippen molar-refractivity contribution in [3.05, 3.63) is 0 Å². The van der Waals surface area contributed by atoms with Crippen LogP contribution in [0.4, 0.5) is 0 Å². The fourth-order valence-corrected chi connectivity index (χ4v) is 2.95. The molecular weight excluding hydrogens is 218 g/mol. The second-order valence-electron chi connectivity index (χ2n) is 5.06. The molecule has 96 valence electrons. The minimum absolute atomic E-state index is 0.0941. The molecule has 2 aliphatic heterocycles. The molecule has 2 unspecified atom stereocenters. The van der Waals surface area contributed by atoms with Crippen LogP contribution in [0, 0.1) is 0 Å². The quantitative estimate of drug-likeness (QED) is 0.727. The van der Waals surface area contributed by atoms with Gasteiger partial charge in [-0.3, -0.25) is 9.59 Å². The van der Waals surface area contributed by atoms with Crippen molar-refractivity contribution in [3.8, 4) is 0 Å².